The minimum atomic E-state index is -0.438. The van der Waals surface area contributed by atoms with Crippen molar-refractivity contribution in [2.24, 2.45) is 0 Å². The van der Waals surface area contributed by atoms with Gasteiger partial charge in [-0.1, -0.05) is 11.6 Å². The number of ether oxygens (including phenoxy) is 1. The van der Waals surface area contributed by atoms with E-state index in [-0.39, 0.29) is 5.97 Å². The van der Waals surface area contributed by atoms with Crippen LogP contribution in [0.25, 0.3) is 0 Å². The number of halogens is 1. The Kier molecular flexibility index (Phi) is 5.00. The van der Waals surface area contributed by atoms with Crippen molar-refractivity contribution < 1.29 is 9.53 Å². The highest BCUT2D eigenvalue weighted by molar-refractivity contribution is 6.31. The van der Waals surface area contributed by atoms with Gasteiger partial charge in [-0.3, -0.25) is 9.69 Å². The Morgan fingerprint density at radius 2 is 1.86 bits per heavy atom. The molecule has 6 nitrogen and oxygen atoms in total. The monoisotopic (exact) mass is 312 g/mol. The highest BCUT2D eigenvalue weighted by Gasteiger charge is 2.24. The molecule has 116 valence electrons. The number of hydrogen-bond acceptors (Lipinski definition) is 6. The average Bonchev–Trinajstić information content (AvgIpc) is 2.38. The maximum atomic E-state index is 11.8. The standard InChI is InChI=1S/C14H21ClN4O2/c1-14(2,3)21-11(20)10-18-6-8-19(9-7-18)13-12(15)16-4-5-17-13/h4-5H,6-10H2,1-3H3. The van der Waals surface area contributed by atoms with Gasteiger partial charge in [-0.2, -0.15) is 0 Å². The second-order valence-corrected chi connectivity index (χ2v) is 6.38. The third kappa shape index (κ3) is 4.82. The number of carbonyl (C=O) groups excluding carboxylic acids is 1. The van der Waals surface area contributed by atoms with Crippen molar-refractivity contribution in [3.05, 3.63) is 17.5 Å². The predicted octanol–water partition coefficient (Wildman–Crippen LogP) is 1.59. The maximum Gasteiger partial charge on any atom is 0.320 e. The fourth-order valence-corrected chi connectivity index (χ4v) is 2.42. The molecule has 0 aromatic carbocycles. The summed E-state index contributed by atoms with van der Waals surface area (Å²) in [5.74, 6) is 0.518. The van der Waals surface area contributed by atoms with Crippen LogP contribution in [0, 0.1) is 0 Å². The molecule has 0 amide bonds. The van der Waals surface area contributed by atoms with Gasteiger partial charge in [0, 0.05) is 38.6 Å². The fourth-order valence-electron chi connectivity index (χ4n) is 2.20. The summed E-state index contributed by atoms with van der Waals surface area (Å²) in [4.78, 5) is 24.3. The molecule has 0 spiro atoms. The van der Waals surface area contributed by atoms with E-state index in [0.29, 0.717) is 17.5 Å². The first kappa shape index (κ1) is 16.0. The lowest BCUT2D eigenvalue weighted by Gasteiger charge is -2.35. The summed E-state index contributed by atoms with van der Waals surface area (Å²) < 4.78 is 5.33. The van der Waals surface area contributed by atoms with Crippen LogP contribution in [0.2, 0.25) is 5.15 Å². The van der Waals surface area contributed by atoms with Gasteiger partial charge >= 0.3 is 5.97 Å². The predicted molar refractivity (Wildman–Crippen MR) is 81.5 cm³/mol. The van der Waals surface area contributed by atoms with E-state index in [4.69, 9.17) is 16.3 Å². The average molecular weight is 313 g/mol. The van der Waals surface area contributed by atoms with Crippen LogP contribution in [0.1, 0.15) is 20.8 Å². The molecule has 1 aromatic heterocycles. The Morgan fingerprint density at radius 1 is 1.24 bits per heavy atom. The van der Waals surface area contributed by atoms with E-state index in [9.17, 15) is 4.79 Å². The van der Waals surface area contributed by atoms with E-state index in [1.54, 1.807) is 12.4 Å². The topological polar surface area (TPSA) is 58.6 Å². The first-order valence-corrected chi connectivity index (χ1v) is 7.38. The third-order valence-electron chi connectivity index (χ3n) is 3.08. The fraction of sp³-hybridized carbons (Fsp3) is 0.643. The SMILES string of the molecule is CC(C)(C)OC(=O)CN1CCN(c2nccnc2Cl)CC1. The van der Waals surface area contributed by atoms with E-state index < -0.39 is 5.60 Å². The van der Waals surface area contributed by atoms with Crippen LogP contribution >= 0.6 is 11.6 Å². The summed E-state index contributed by atoms with van der Waals surface area (Å²) in [5, 5.41) is 0.415. The zero-order chi connectivity index (χ0) is 15.5. The lowest BCUT2D eigenvalue weighted by atomic mass is 10.2. The van der Waals surface area contributed by atoms with E-state index in [2.05, 4.69) is 19.8 Å². The molecule has 1 aromatic rings. The van der Waals surface area contributed by atoms with Crippen molar-refractivity contribution in [2.75, 3.05) is 37.6 Å². The third-order valence-corrected chi connectivity index (χ3v) is 3.35. The summed E-state index contributed by atoms with van der Waals surface area (Å²) >= 11 is 6.05. The van der Waals surface area contributed by atoms with E-state index >= 15 is 0 Å². The van der Waals surface area contributed by atoms with E-state index in [1.165, 1.54) is 0 Å². The number of aromatic nitrogens is 2. The number of piperazine rings is 1. The van der Waals surface area contributed by atoms with Gasteiger partial charge in [0.25, 0.3) is 0 Å². The van der Waals surface area contributed by atoms with Gasteiger partial charge in [0.2, 0.25) is 0 Å². The van der Waals surface area contributed by atoms with Crippen LogP contribution < -0.4 is 4.90 Å². The summed E-state index contributed by atoms with van der Waals surface area (Å²) in [6, 6.07) is 0. The van der Waals surface area contributed by atoms with Gasteiger partial charge < -0.3 is 9.64 Å². The lowest BCUT2D eigenvalue weighted by molar-refractivity contribution is -0.156. The molecule has 0 N–H and O–H groups in total. The molecule has 0 bridgehead atoms. The Morgan fingerprint density at radius 3 is 2.43 bits per heavy atom. The van der Waals surface area contributed by atoms with Crippen molar-refractivity contribution in [1.82, 2.24) is 14.9 Å². The van der Waals surface area contributed by atoms with Crippen molar-refractivity contribution in [2.45, 2.75) is 26.4 Å². The minimum Gasteiger partial charge on any atom is -0.459 e. The maximum absolute atomic E-state index is 11.8. The van der Waals surface area contributed by atoms with E-state index in [1.807, 2.05) is 20.8 Å². The van der Waals surface area contributed by atoms with Crippen LogP contribution in [-0.2, 0) is 9.53 Å². The molecule has 2 rings (SSSR count). The number of rotatable bonds is 3. The number of carbonyl (C=O) groups is 1. The molecular weight excluding hydrogens is 292 g/mol. The summed E-state index contributed by atoms with van der Waals surface area (Å²) in [7, 11) is 0. The zero-order valence-corrected chi connectivity index (χ0v) is 13.4. The molecule has 21 heavy (non-hydrogen) atoms. The molecule has 0 radical (unpaired) electrons. The van der Waals surface area contributed by atoms with Crippen molar-refractivity contribution in [3.63, 3.8) is 0 Å². The number of nitrogens with zero attached hydrogens (tertiary/aromatic N) is 4. The first-order valence-electron chi connectivity index (χ1n) is 7.01. The second kappa shape index (κ2) is 6.58. The van der Waals surface area contributed by atoms with Gasteiger partial charge in [-0.05, 0) is 20.8 Å². The Hall–Kier alpha value is -1.40. The molecule has 0 unspecified atom stereocenters. The Labute approximate surface area is 130 Å². The van der Waals surface area contributed by atoms with Crippen LogP contribution in [-0.4, -0.2) is 59.2 Å². The van der Waals surface area contributed by atoms with Gasteiger partial charge in [-0.25, -0.2) is 9.97 Å². The molecule has 0 aliphatic carbocycles. The van der Waals surface area contributed by atoms with Crippen LogP contribution in [0.3, 0.4) is 0 Å². The van der Waals surface area contributed by atoms with Gasteiger partial charge in [-0.15, -0.1) is 0 Å². The highest BCUT2D eigenvalue weighted by atomic mass is 35.5. The van der Waals surface area contributed by atoms with Crippen LogP contribution in [0.15, 0.2) is 12.4 Å². The normalized spacial score (nSPS) is 16.9. The van der Waals surface area contributed by atoms with Gasteiger partial charge in [0.1, 0.15) is 5.60 Å². The molecule has 1 aliphatic heterocycles. The highest BCUT2D eigenvalue weighted by Crippen LogP contribution is 2.21. The first-order chi connectivity index (χ1) is 9.85. The minimum absolute atomic E-state index is 0.187. The Balaban J connectivity index is 1.84. The molecule has 1 saturated heterocycles. The molecule has 0 saturated carbocycles. The molecule has 0 atom stereocenters. The smallest absolute Gasteiger partial charge is 0.320 e. The Bertz CT molecular complexity index is 496. The number of hydrogen-bond donors (Lipinski definition) is 0. The molecule has 7 heteroatoms. The van der Waals surface area contributed by atoms with Gasteiger partial charge in [0.15, 0.2) is 11.0 Å². The summed E-state index contributed by atoms with van der Waals surface area (Å²) in [6.07, 6.45) is 3.21. The van der Waals surface area contributed by atoms with Crippen molar-refractivity contribution >= 4 is 23.4 Å². The van der Waals surface area contributed by atoms with E-state index in [0.717, 1.165) is 26.2 Å². The number of esters is 1. The lowest BCUT2D eigenvalue weighted by Crippen LogP contribution is -2.49. The molecule has 1 fully saturated rings. The molecule has 1 aliphatic rings. The summed E-state index contributed by atoms with van der Waals surface area (Å²) in [5.41, 5.74) is -0.438. The molecule has 2 heterocycles. The zero-order valence-electron chi connectivity index (χ0n) is 12.7. The van der Waals surface area contributed by atoms with Crippen LogP contribution in [0.4, 0.5) is 5.82 Å². The summed E-state index contributed by atoms with van der Waals surface area (Å²) in [6.45, 7) is 9.01. The molecular formula is C14H21ClN4O2. The number of anilines is 1. The van der Waals surface area contributed by atoms with Crippen LogP contribution in [0.5, 0.6) is 0 Å². The van der Waals surface area contributed by atoms with Crippen molar-refractivity contribution in [3.8, 4) is 0 Å². The van der Waals surface area contributed by atoms with Crippen molar-refractivity contribution in [1.29, 1.82) is 0 Å². The van der Waals surface area contributed by atoms with Gasteiger partial charge in [0.05, 0.1) is 6.54 Å². The quantitative estimate of drug-likeness (QED) is 0.790. The largest absolute Gasteiger partial charge is 0.459 e. The second-order valence-electron chi connectivity index (χ2n) is 6.02.